The first-order chi connectivity index (χ1) is 10.8. The molecule has 3 heterocycles. The van der Waals surface area contributed by atoms with Crippen molar-refractivity contribution in [2.45, 2.75) is 19.9 Å². The van der Waals surface area contributed by atoms with Crippen LogP contribution in [0.1, 0.15) is 28.1 Å². The van der Waals surface area contributed by atoms with Crippen molar-refractivity contribution in [2.24, 2.45) is 4.99 Å². The van der Waals surface area contributed by atoms with Crippen LogP contribution in [0.3, 0.4) is 0 Å². The van der Waals surface area contributed by atoms with Gasteiger partial charge in [-0.05, 0) is 30.7 Å². The number of aliphatic imine (C=N–C) groups is 1. The van der Waals surface area contributed by atoms with Crippen LogP contribution in [0.4, 0.5) is 0 Å². The van der Waals surface area contributed by atoms with E-state index in [0.29, 0.717) is 6.54 Å². The van der Waals surface area contributed by atoms with E-state index in [4.69, 9.17) is 16.6 Å². The van der Waals surface area contributed by atoms with Crippen molar-refractivity contribution >= 4 is 28.6 Å². The molecule has 0 N–H and O–H groups in total. The van der Waals surface area contributed by atoms with E-state index in [2.05, 4.69) is 34.8 Å². The molecule has 110 valence electrons. The lowest BCUT2D eigenvalue weighted by atomic mass is 10.2. The molecule has 5 heteroatoms. The summed E-state index contributed by atoms with van der Waals surface area (Å²) in [7, 11) is 0. The Kier molecular flexibility index (Phi) is 3.36. The van der Waals surface area contributed by atoms with Gasteiger partial charge in [-0.15, -0.1) is 11.3 Å². The number of hydrogen-bond acceptors (Lipinski definition) is 3. The molecule has 3 aromatic rings. The zero-order valence-corrected chi connectivity index (χ0v) is 13.7. The van der Waals surface area contributed by atoms with Crippen molar-refractivity contribution in [3.05, 3.63) is 68.9 Å². The van der Waals surface area contributed by atoms with Gasteiger partial charge in [0.1, 0.15) is 10.7 Å². The molecule has 0 saturated carbocycles. The molecule has 0 bridgehead atoms. The Hall–Kier alpha value is -1.91. The number of rotatable bonds is 2. The Morgan fingerprint density at radius 3 is 3.00 bits per heavy atom. The van der Waals surface area contributed by atoms with Crippen LogP contribution in [0, 0.1) is 0 Å². The smallest absolute Gasteiger partial charge is 0.143 e. The van der Waals surface area contributed by atoms with E-state index < -0.39 is 0 Å². The number of thiazole rings is 1. The summed E-state index contributed by atoms with van der Waals surface area (Å²) in [5, 5.41) is 1.73. The standard InChI is InChI=1S/C17H14ClN3S/c1-2-11-9-20-17(22-11)16-15-7-4-8-21(15)14-6-3-5-13(18)12(14)10-19-16/h3-9H,2,10H2,1H3. The van der Waals surface area contributed by atoms with Gasteiger partial charge in [0, 0.05) is 27.9 Å². The molecule has 0 fully saturated rings. The van der Waals surface area contributed by atoms with E-state index in [-0.39, 0.29) is 0 Å². The third-order valence-corrected chi connectivity index (χ3v) is 5.35. The molecule has 0 aliphatic carbocycles. The monoisotopic (exact) mass is 327 g/mol. The van der Waals surface area contributed by atoms with Crippen molar-refractivity contribution in [3.8, 4) is 5.69 Å². The molecule has 2 aromatic heterocycles. The lowest BCUT2D eigenvalue weighted by molar-refractivity contribution is 1.02. The molecular formula is C17H14ClN3S. The normalized spacial score (nSPS) is 13.3. The quantitative estimate of drug-likeness (QED) is 0.681. The van der Waals surface area contributed by atoms with Crippen molar-refractivity contribution in [1.82, 2.24) is 9.55 Å². The van der Waals surface area contributed by atoms with Gasteiger partial charge in [0.25, 0.3) is 0 Å². The highest BCUT2D eigenvalue weighted by Crippen LogP contribution is 2.30. The minimum Gasteiger partial charge on any atom is -0.315 e. The lowest BCUT2D eigenvalue weighted by Crippen LogP contribution is -2.07. The molecule has 0 saturated heterocycles. The molecule has 0 radical (unpaired) electrons. The summed E-state index contributed by atoms with van der Waals surface area (Å²) in [5.74, 6) is 0. The van der Waals surface area contributed by atoms with Gasteiger partial charge in [-0.25, -0.2) is 4.98 Å². The number of halogens is 1. The second-order valence-electron chi connectivity index (χ2n) is 5.15. The number of hydrogen-bond donors (Lipinski definition) is 0. The lowest BCUT2D eigenvalue weighted by Gasteiger charge is -2.10. The summed E-state index contributed by atoms with van der Waals surface area (Å²) < 4.78 is 2.15. The van der Waals surface area contributed by atoms with Crippen molar-refractivity contribution in [2.75, 3.05) is 0 Å². The van der Waals surface area contributed by atoms with Crippen LogP contribution in [0.2, 0.25) is 5.02 Å². The summed E-state index contributed by atoms with van der Waals surface area (Å²) in [6, 6.07) is 10.1. The van der Waals surface area contributed by atoms with Gasteiger partial charge >= 0.3 is 0 Å². The molecule has 4 rings (SSSR count). The minimum absolute atomic E-state index is 0.576. The summed E-state index contributed by atoms with van der Waals surface area (Å²) in [5.41, 5.74) is 4.17. The number of aromatic nitrogens is 2. The average Bonchev–Trinajstić information content (AvgIpc) is 3.16. The van der Waals surface area contributed by atoms with Crippen LogP contribution in [0.5, 0.6) is 0 Å². The predicted octanol–water partition coefficient (Wildman–Crippen LogP) is 4.50. The third kappa shape index (κ3) is 2.11. The van der Waals surface area contributed by atoms with Crippen LogP contribution in [-0.4, -0.2) is 15.3 Å². The van der Waals surface area contributed by atoms with Crippen molar-refractivity contribution in [1.29, 1.82) is 0 Å². The second kappa shape index (κ2) is 5.38. The number of benzene rings is 1. The Labute approximate surface area is 137 Å². The van der Waals surface area contributed by atoms with Crippen LogP contribution in [0.25, 0.3) is 5.69 Å². The van der Waals surface area contributed by atoms with Gasteiger partial charge in [-0.2, -0.15) is 0 Å². The van der Waals surface area contributed by atoms with Gasteiger partial charge in [-0.3, -0.25) is 4.99 Å². The Balaban J connectivity index is 1.92. The molecule has 0 amide bonds. The SMILES string of the molecule is CCc1cnc(C2=NCc3c(Cl)cccc3-n3cccc32)s1. The molecule has 1 aliphatic rings. The van der Waals surface area contributed by atoms with E-state index in [1.165, 1.54) is 4.88 Å². The first kappa shape index (κ1) is 13.7. The van der Waals surface area contributed by atoms with Crippen LogP contribution < -0.4 is 0 Å². The van der Waals surface area contributed by atoms with Crippen LogP contribution >= 0.6 is 22.9 Å². The first-order valence-corrected chi connectivity index (χ1v) is 8.42. The fourth-order valence-corrected chi connectivity index (χ4v) is 3.81. The van der Waals surface area contributed by atoms with Crippen molar-refractivity contribution in [3.63, 3.8) is 0 Å². The fraction of sp³-hybridized carbons (Fsp3) is 0.176. The number of nitrogens with zero attached hydrogens (tertiary/aromatic N) is 3. The zero-order chi connectivity index (χ0) is 15.1. The molecule has 1 aromatic carbocycles. The van der Waals surface area contributed by atoms with E-state index in [1.807, 2.05) is 24.4 Å². The Bertz CT molecular complexity index is 876. The Morgan fingerprint density at radius 1 is 1.27 bits per heavy atom. The number of aryl methyl sites for hydroxylation is 1. The maximum atomic E-state index is 6.37. The van der Waals surface area contributed by atoms with E-state index in [9.17, 15) is 0 Å². The second-order valence-corrected chi connectivity index (χ2v) is 6.67. The minimum atomic E-state index is 0.576. The first-order valence-electron chi connectivity index (χ1n) is 7.23. The summed E-state index contributed by atoms with van der Waals surface area (Å²) >= 11 is 8.08. The highest BCUT2D eigenvalue weighted by atomic mass is 35.5. The van der Waals surface area contributed by atoms with Crippen molar-refractivity contribution < 1.29 is 0 Å². The largest absolute Gasteiger partial charge is 0.315 e. The average molecular weight is 328 g/mol. The molecule has 3 nitrogen and oxygen atoms in total. The molecule has 22 heavy (non-hydrogen) atoms. The fourth-order valence-electron chi connectivity index (χ4n) is 2.71. The summed E-state index contributed by atoms with van der Waals surface area (Å²) in [6.07, 6.45) is 5.00. The van der Waals surface area contributed by atoms with E-state index in [1.54, 1.807) is 11.3 Å². The topological polar surface area (TPSA) is 30.2 Å². The van der Waals surface area contributed by atoms with Gasteiger partial charge in [0.15, 0.2) is 0 Å². The van der Waals surface area contributed by atoms with Crippen LogP contribution in [-0.2, 0) is 13.0 Å². The summed E-state index contributed by atoms with van der Waals surface area (Å²) in [4.78, 5) is 10.6. The van der Waals surface area contributed by atoms with Gasteiger partial charge in [0.05, 0.1) is 17.9 Å². The maximum Gasteiger partial charge on any atom is 0.143 e. The van der Waals surface area contributed by atoms with Gasteiger partial charge in [-0.1, -0.05) is 24.6 Å². The van der Waals surface area contributed by atoms with Crippen LogP contribution in [0.15, 0.2) is 47.7 Å². The third-order valence-electron chi connectivity index (χ3n) is 3.84. The maximum absolute atomic E-state index is 6.37. The molecule has 1 aliphatic heterocycles. The van der Waals surface area contributed by atoms with E-state index >= 15 is 0 Å². The molecule has 0 unspecified atom stereocenters. The highest BCUT2D eigenvalue weighted by molar-refractivity contribution is 7.13. The summed E-state index contributed by atoms with van der Waals surface area (Å²) in [6.45, 7) is 2.72. The predicted molar refractivity (Wildman–Crippen MR) is 91.6 cm³/mol. The zero-order valence-electron chi connectivity index (χ0n) is 12.1. The molecular weight excluding hydrogens is 314 g/mol. The Morgan fingerprint density at radius 2 is 2.18 bits per heavy atom. The van der Waals surface area contributed by atoms with Gasteiger partial charge < -0.3 is 4.57 Å². The highest BCUT2D eigenvalue weighted by Gasteiger charge is 2.21. The molecule has 0 atom stereocenters. The number of fused-ring (bicyclic) bond motifs is 3. The van der Waals surface area contributed by atoms with Gasteiger partial charge in [0.2, 0.25) is 0 Å². The van der Waals surface area contributed by atoms with E-state index in [0.717, 1.165) is 39.1 Å². The molecule has 0 spiro atoms.